The molecule has 2 amide bonds. The summed E-state index contributed by atoms with van der Waals surface area (Å²) in [5, 5.41) is 12.2. The van der Waals surface area contributed by atoms with Gasteiger partial charge in [-0.15, -0.1) is 0 Å². The Hall–Kier alpha value is -2.24. The van der Waals surface area contributed by atoms with Gasteiger partial charge in [-0.05, 0) is 50.7 Å². The number of amides is 2. The van der Waals surface area contributed by atoms with E-state index < -0.39 is 5.97 Å². The lowest BCUT2D eigenvalue weighted by atomic mass is 9.86. The van der Waals surface area contributed by atoms with Crippen LogP contribution in [-0.2, 0) is 4.79 Å². The summed E-state index contributed by atoms with van der Waals surface area (Å²) in [5.74, 6) is -0.952. The molecule has 1 aromatic carbocycles. The number of piperidine rings is 1. The normalized spacial score (nSPS) is 24.1. The molecule has 6 heteroatoms. The molecule has 1 aromatic rings. The molecule has 6 nitrogen and oxygen atoms in total. The number of nitrogens with one attached hydrogen (secondary N) is 1. The molecule has 2 fully saturated rings. The molecule has 1 aliphatic carbocycles. The van der Waals surface area contributed by atoms with Gasteiger partial charge < -0.3 is 20.2 Å². The first kappa shape index (κ1) is 18.5. The van der Waals surface area contributed by atoms with Crippen molar-refractivity contribution in [1.82, 2.24) is 10.2 Å². The Morgan fingerprint density at radius 3 is 2.23 bits per heavy atom. The summed E-state index contributed by atoms with van der Waals surface area (Å²) in [6.07, 6.45) is 4.76. The number of anilines is 1. The van der Waals surface area contributed by atoms with Gasteiger partial charge in [-0.25, -0.2) is 4.79 Å². The molecule has 0 atom stereocenters. The number of urea groups is 1. The van der Waals surface area contributed by atoms with Crippen molar-refractivity contribution in [2.45, 2.75) is 50.6 Å². The minimum Gasteiger partial charge on any atom is -0.481 e. The van der Waals surface area contributed by atoms with Crippen LogP contribution in [0.2, 0.25) is 0 Å². The number of carbonyl (C=O) groups is 2. The van der Waals surface area contributed by atoms with Crippen LogP contribution in [-0.4, -0.2) is 54.2 Å². The average Bonchev–Trinajstić information content (AvgIpc) is 2.68. The molecule has 0 spiro atoms. The molecule has 26 heavy (non-hydrogen) atoms. The number of hydrogen-bond donors (Lipinski definition) is 2. The lowest BCUT2D eigenvalue weighted by Crippen LogP contribution is -2.51. The Labute approximate surface area is 155 Å². The predicted molar refractivity (Wildman–Crippen MR) is 101 cm³/mol. The maximum absolute atomic E-state index is 12.5. The van der Waals surface area contributed by atoms with E-state index in [9.17, 15) is 9.59 Å². The van der Waals surface area contributed by atoms with Crippen LogP contribution in [0.4, 0.5) is 10.5 Å². The zero-order valence-electron chi connectivity index (χ0n) is 15.4. The quantitative estimate of drug-likeness (QED) is 0.867. The maximum atomic E-state index is 12.5. The van der Waals surface area contributed by atoms with Gasteiger partial charge in [0.1, 0.15) is 0 Å². The van der Waals surface area contributed by atoms with Crippen LogP contribution >= 0.6 is 0 Å². The third-order valence-electron chi connectivity index (χ3n) is 5.87. The maximum Gasteiger partial charge on any atom is 0.317 e. The van der Waals surface area contributed by atoms with E-state index >= 15 is 0 Å². The van der Waals surface area contributed by atoms with Crippen LogP contribution in [0.3, 0.4) is 0 Å². The SMILES string of the molecule is CN(c1ccccc1)C1CCN(C(=O)NC2CCC(C(=O)O)CC2)CC1. The Morgan fingerprint density at radius 1 is 1.04 bits per heavy atom. The van der Waals surface area contributed by atoms with Crippen molar-refractivity contribution in [3.05, 3.63) is 30.3 Å². The first-order chi connectivity index (χ1) is 12.5. The number of aliphatic carboxylic acids is 1. The van der Waals surface area contributed by atoms with E-state index in [4.69, 9.17) is 5.11 Å². The van der Waals surface area contributed by atoms with Crippen LogP contribution in [0.5, 0.6) is 0 Å². The van der Waals surface area contributed by atoms with E-state index in [0.29, 0.717) is 18.9 Å². The number of para-hydroxylation sites is 1. The summed E-state index contributed by atoms with van der Waals surface area (Å²) in [7, 11) is 2.12. The first-order valence-corrected chi connectivity index (χ1v) is 9.60. The Bertz CT molecular complexity index is 606. The molecule has 2 aliphatic rings. The minimum absolute atomic E-state index is 0.00425. The summed E-state index contributed by atoms with van der Waals surface area (Å²) in [6.45, 7) is 1.52. The molecule has 0 bridgehead atoms. The minimum atomic E-state index is -0.709. The molecule has 0 radical (unpaired) electrons. The number of carboxylic acid groups (broad SMARTS) is 1. The van der Waals surface area contributed by atoms with Gasteiger partial charge in [0.15, 0.2) is 0 Å². The monoisotopic (exact) mass is 359 g/mol. The Morgan fingerprint density at radius 2 is 1.65 bits per heavy atom. The van der Waals surface area contributed by atoms with Crippen LogP contribution in [0, 0.1) is 5.92 Å². The van der Waals surface area contributed by atoms with Crippen molar-refractivity contribution < 1.29 is 14.7 Å². The highest BCUT2D eigenvalue weighted by molar-refractivity contribution is 5.75. The van der Waals surface area contributed by atoms with E-state index in [2.05, 4.69) is 29.4 Å². The number of nitrogens with zero attached hydrogens (tertiary/aromatic N) is 2. The molecule has 1 heterocycles. The van der Waals surface area contributed by atoms with Crippen molar-refractivity contribution in [2.24, 2.45) is 5.92 Å². The summed E-state index contributed by atoms with van der Waals surface area (Å²) >= 11 is 0. The zero-order chi connectivity index (χ0) is 18.5. The molecule has 0 unspecified atom stereocenters. The largest absolute Gasteiger partial charge is 0.481 e. The third-order valence-corrected chi connectivity index (χ3v) is 5.87. The second-order valence-corrected chi connectivity index (χ2v) is 7.50. The fraction of sp³-hybridized carbons (Fsp3) is 0.600. The van der Waals surface area contributed by atoms with Gasteiger partial charge in [0.2, 0.25) is 0 Å². The summed E-state index contributed by atoms with van der Waals surface area (Å²) in [4.78, 5) is 27.7. The van der Waals surface area contributed by atoms with Crippen molar-refractivity contribution in [1.29, 1.82) is 0 Å². The number of likely N-dealkylation sites (tertiary alicyclic amines) is 1. The number of carbonyl (C=O) groups excluding carboxylic acids is 1. The second-order valence-electron chi connectivity index (χ2n) is 7.50. The summed E-state index contributed by atoms with van der Waals surface area (Å²) < 4.78 is 0. The second kappa shape index (κ2) is 8.43. The van der Waals surface area contributed by atoms with E-state index in [1.54, 1.807) is 0 Å². The zero-order valence-corrected chi connectivity index (χ0v) is 15.4. The van der Waals surface area contributed by atoms with Gasteiger partial charge in [-0.3, -0.25) is 4.79 Å². The Balaban J connectivity index is 1.43. The fourth-order valence-electron chi connectivity index (χ4n) is 4.08. The van der Waals surface area contributed by atoms with Crippen LogP contribution in [0.15, 0.2) is 30.3 Å². The fourth-order valence-corrected chi connectivity index (χ4v) is 4.08. The molecule has 1 saturated carbocycles. The van der Waals surface area contributed by atoms with Crippen LogP contribution in [0.25, 0.3) is 0 Å². The van der Waals surface area contributed by atoms with Crippen LogP contribution < -0.4 is 10.2 Å². The first-order valence-electron chi connectivity index (χ1n) is 9.60. The van der Waals surface area contributed by atoms with Gasteiger partial charge in [0.25, 0.3) is 0 Å². The summed E-state index contributed by atoms with van der Waals surface area (Å²) in [5.41, 5.74) is 1.21. The lowest BCUT2D eigenvalue weighted by Gasteiger charge is -2.38. The topological polar surface area (TPSA) is 72.9 Å². The summed E-state index contributed by atoms with van der Waals surface area (Å²) in [6, 6.07) is 10.9. The molecular formula is C20H29N3O3. The molecule has 142 valence electrons. The van der Waals surface area contributed by atoms with Crippen molar-refractivity contribution >= 4 is 17.7 Å². The van der Waals surface area contributed by atoms with E-state index in [1.807, 2.05) is 23.1 Å². The standard InChI is InChI=1S/C20H29N3O3/c1-22(17-5-3-2-4-6-17)18-11-13-23(14-12-18)20(26)21-16-9-7-15(8-10-16)19(24)25/h2-6,15-16,18H,7-14H2,1H3,(H,21,26)(H,24,25). The van der Waals surface area contributed by atoms with Gasteiger partial charge in [-0.1, -0.05) is 18.2 Å². The van der Waals surface area contributed by atoms with Gasteiger partial charge in [0, 0.05) is 37.9 Å². The molecule has 1 saturated heterocycles. The number of hydrogen-bond acceptors (Lipinski definition) is 3. The number of carboxylic acids is 1. The molecule has 1 aliphatic heterocycles. The predicted octanol–water partition coefficient (Wildman–Crippen LogP) is 2.94. The lowest BCUT2D eigenvalue weighted by molar-refractivity contribution is -0.142. The highest BCUT2D eigenvalue weighted by atomic mass is 16.4. The van der Waals surface area contributed by atoms with E-state index in [-0.39, 0.29) is 18.0 Å². The third kappa shape index (κ3) is 4.48. The van der Waals surface area contributed by atoms with Crippen molar-refractivity contribution in [2.75, 3.05) is 25.0 Å². The Kier molecular flexibility index (Phi) is 6.01. The van der Waals surface area contributed by atoms with E-state index in [1.165, 1.54) is 5.69 Å². The molecule has 2 N–H and O–H groups in total. The highest BCUT2D eigenvalue weighted by Crippen LogP contribution is 2.25. The number of rotatable bonds is 4. The number of benzene rings is 1. The molecule has 3 rings (SSSR count). The van der Waals surface area contributed by atoms with Crippen molar-refractivity contribution in [3.8, 4) is 0 Å². The molecular weight excluding hydrogens is 330 g/mol. The van der Waals surface area contributed by atoms with Crippen LogP contribution in [0.1, 0.15) is 38.5 Å². The van der Waals surface area contributed by atoms with Gasteiger partial charge >= 0.3 is 12.0 Å². The smallest absolute Gasteiger partial charge is 0.317 e. The van der Waals surface area contributed by atoms with Gasteiger partial charge in [0.05, 0.1) is 5.92 Å². The molecule has 0 aromatic heterocycles. The average molecular weight is 359 g/mol. The van der Waals surface area contributed by atoms with Crippen molar-refractivity contribution in [3.63, 3.8) is 0 Å². The van der Waals surface area contributed by atoms with Gasteiger partial charge in [-0.2, -0.15) is 0 Å². The van der Waals surface area contributed by atoms with E-state index in [0.717, 1.165) is 38.8 Å². The highest BCUT2D eigenvalue weighted by Gasteiger charge is 2.29.